The molecule has 1 unspecified atom stereocenters. The Hall–Kier alpha value is -1.14. The summed E-state index contributed by atoms with van der Waals surface area (Å²) in [6, 6.07) is 0. The maximum Gasteiger partial charge on any atom is 0.234 e. The molecule has 0 radical (unpaired) electrons. The molecule has 16 heavy (non-hydrogen) atoms. The molecule has 1 aliphatic rings. The van der Waals surface area contributed by atoms with Crippen molar-refractivity contribution in [2.45, 2.75) is 13.3 Å². The van der Waals surface area contributed by atoms with E-state index in [9.17, 15) is 14.7 Å². The smallest absolute Gasteiger partial charge is 0.234 e. The van der Waals surface area contributed by atoms with Gasteiger partial charge in [-0.05, 0) is 19.9 Å². The first-order chi connectivity index (χ1) is 7.54. The van der Waals surface area contributed by atoms with Gasteiger partial charge in [-0.15, -0.1) is 0 Å². The van der Waals surface area contributed by atoms with Crippen LogP contribution in [0.2, 0.25) is 0 Å². The number of aliphatic hydroxyl groups is 1. The number of nitrogens with zero attached hydrogens (tertiary/aromatic N) is 1. The molecular weight excluding hydrogens is 210 g/mol. The molecule has 0 spiro atoms. The summed E-state index contributed by atoms with van der Waals surface area (Å²) in [5, 5.41) is 11.9. The monoisotopic (exact) mass is 229 g/mol. The largest absolute Gasteiger partial charge is 0.395 e. The molecule has 6 heteroatoms. The van der Waals surface area contributed by atoms with E-state index in [2.05, 4.69) is 5.32 Å². The normalized spacial score (nSPS) is 25.6. The minimum atomic E-state index is -0.869. The Morgan fingerprint density at radius 2 is 2.25 bits per heavy atom. The summed E-state index contributed by atoms with van der Waals surface area (Å²) in [4.78, 5) is 24.4. The number of hydrogen-bond acceptors (Lipinski definition) is 4. The summed E-state index contributed by atoms with van der Waals surface area (Å²) in [7, 11) is 0. The number of amides is 2. The van der Waals surface area contributed by atoms with Crippen molar-refractivity contribution in [1.29, 1.82) is 0 Å². The zero-order valence-electron chi connectivity index (χ0n) is 9.53. The van der Waals surface area contributed by atoms with Gasteiger partial charge in [-0.3, -0.25) is 14.5 Å². The zero-order valence-corrected chi connectivity index (χ0v) is 9.53. The number of carbonyl (C=O) groups excluding carboxylic acids is 2. The molecule has 0 aliphatic carbocycles. The summed E-state index contributed by atoms with van der Waals surface area (Å²) < 4.78 is 0. The van der Waals surface area contributed by atoms with Gasteiger partial charge in [-0.1, -0.05) is 0 Å². The van der Waals surface area contributed by atoms with Crippen LogP contribution in [0.4, 0.5) is 0 Å². The minimum Gasteiger partial charge on any atom is -0.395 e. The van der Waals surface area contributed by atoms with E-state index in [4.69, 9.17) is 5.73 Å². The van der Waals surface area contributed by atoms with Crippen molar-refractivity contribution in [3.63, 3.8) is 0 Å². The molecule has 92 valence electrons. The number of nitrogens with two attached hydrogens (primary N) is 1. The standard InChI is InChI=1S/C10H19N3O3/c1-2-12-8(15)5-13-4-3-10(6-13,7-14)9(11)16/h14H,2-7H2,1H3,(H2,11,16)(H,12,15). The molecule has 0 aromatic rings. The Bertz CT molecular complexity index is 282. The van der Waals surface area contributed by atoms with Crippen LogP contribution in [0.3, 0.4) is 0 Å². The molecule has 1 heterocycles. The zero-order chi connectivity index (χ0) is 12.2. The molecule has 1 atom stereocenters. The lowest BCUT2D eigenvalue weighted by Crippen LogP contribution is -2.44. The third kappa shape index (κ3) is 2.70. The van der Waals surface area contributed by atoms with Gasteiger partial charge in [0.2, 0.25) is 11.8 Å². The van der Waals surface area contributed by atoms with Gasteiger partial charge in [0, 0.05) is 13.1 Å². The van der Waals surface area contributed by atoms with E-state index in [0.29, 0.717) is 26.1 Å². The minimum absolute atomic E-state index is 0.0688. The first kappa shape index (κ1) is 12.9. The second-order valence-electron chi connectivity index (χ2n) is 4.22. The predicted molar refractivity (Wildman–Crippen MR) is 58.5 cm³/mol. The second kappa shape index (κ2) is 5.27. The van der Waals surface area contributed by atoms with Gasteiger partial charge in [0.1, 0.15) is 0 Å². The Morgan fingerprint density at radius 3 is 2.69 bits per heavy atom. The fourth-order valence-corrected chi connectivity index (χ4v) is 1.96. The Kier molecular flexibility index (Phi) is 4.26. The van der Waals surface area contributed by atoms with Crippen LogP contribution in [-0.4, -0.2) is 54.6 Å². The Morgan fingerprint density at radius 1 is 1.56 bits per heavy atom. The fourth-order valence-electron chi connectivity index (χ4n) is 1.96. The van der Waals surface area contributed by atoms with Crippen LogP contribution in [0.1, 0.15) is 13.3 Å². The molecular formula is C10H19N3O3. The summed E-state index contributed by atoms with van der Waals surface area (Å²) in [6.45, 7) is 3.41. The molecule has 0 aromatic heterocycles. The summed E-state index contributed by atoms with van der Waals surface area (Å²) in [6.07, 6.45) is 0.512. The van der Waals surface area contributed by atoms with E-state index in [-0.39, 0.29) is 19.1 Å². The van der Waals surface area contributed by atoms with Gasteiger partial charge in [-0.25, -0.2) is 0 Å². The average molecular weight is 229 g/mol. The molecule has 0 aromatic carbocycles. The summed E-state index contributed by atoms with van der Waals surface area (Å²) in [5.41, 5.74) is 4.40. The van der Waals surface area contributed by atoms with Crippen molar-refractivity contribution in [3.05, 3.63) is 0 Å². The number of primary amides is 1. The van der Waals surface area contributed by atoms with Crippen LogP contribution in [-0.2, 0) is 9.59 Å². The molecule has 2 amide bonds. The van der Waals surface area contributed by atoms with Gasteiger partial charge < -0.3 is 16.2 Å². The fraction of sp³-hybridized carbons (Fsp3) is 0.800. The number of aliphatic hydroxyl groups excluding tert-OH is 1. The van der Waals surface area contributed by atoms with Crippen molar-refractivity contribution >= 4 is 11.8 Å². The van der Waals surface area contributed by atoms with E-state index < -0.39 is 11.3 Å². The van der Waals surface area contributed by atoms with Crippen LogP contribution in [0.25, 0.3) is 0 Å². The summed E-state index contributed by atoms with van der Waals surface area (Å²) in [5.74, 6) is -0.561. The topological polar surface area (TPSA) is 95.7 Å². The molecule has 0 saturated carbocycles. The molecule has 4 N–H and O–H groups in total. The third-order valence-electron chi connectivity index (χ3n) is 3.00. The van der Waals surface area contributed by atoms with Crippen LogP contribution >= 0.6 is 0 Å². The molecule has 1 aliphatic heterocycles. The lowest BCUT2D eigenvalue weighted by Gasteiger charge is -2.23. The number of rotatable bonds is 5. The van der Waals surface area contributed by atoms with Gasteiger partial charge in [0.05, 0.1) is 18.6 Å². The number of likely N-dealkylation sites (N-methyl/N-ethyl adjacent to an activating group) is 1. The first-order valence-electron chi connectivity index (χ1n) is 5.44. The van der Waals surface area contributed by atoms with E-state index in [1.165, 1.54) is 0 Å². The summed E-state index contributed by atoms with van der Waals surface area (Å²) >= 11 is 0. The van der Waals surface area contributed by atoms with E-state index >= 15 is 0 Å². The van der Waals surface area contributed by atoms with Crippen molar-refractivity contribution in [2.24, 2.45) is 11.1 Å². The molecule has 1 fully saturated rings. The lowest BCUT2D eigenvalue weighted by molar-refractivity contribution is -0.130. The van der Waals surface area contributed by atoms with E-state index in [0.717, 1.165) is 0 Å². The highest BCUT2D eigenvalue weighted by molar-refractivity contribution is 5.82. The van der Waals surface area contributed by atoms with Crippen LogP contribution in [0.15, 0.2) is 0 Å². The molecule has 6 nitrogen and oxygen atoms in total. The highest BCUT2D eigenvalue weighted by Gasteiger charge is 2.43. The van der Waals surface area contributed by atoms with Gasteiger partial charge in [0.15, 0.2) is 0 Å². The maximum atomic E-state index is 11.3. The van der Waals surface area contributed by atoms with Crippen LogP contribution in [0.5, 0.6) is 0 Å². The number of carbonyl (C=O) groups is 2. The van der Waals surface area contributed by atoms with Crippen molar-refractivity contribution in [3.8, 4) is 0 Å². The van der Waals surface area contributed by atoms with Crippen molar-refractivity contribution < 1.29 is 14.7 Å². The predicted octanol–water partition coefficient (Wildman–Crippen LogP) is -1.71. The Labute approximate surface area is 94.8 Å². The van der Waals surface area contributed by atoms with Crippen molar-refractivity contribution in [1.82, 2.24) is 10.2 Å². The van der Waals surface area contributed by atoms with E-state index in [1.54, 1.807) is 0 Å². The SMILES string of the molecule is CCNC(=O)CN1CCC(CO)(C(N)=O)C1. The highest BCUT2D eigenvalue weighted by Crippen LogP contribution is 2.29. The van der Waals surface area contributed by atoms with Crippen LogP contribution in [0, 0.1) is 5.41 Å². The number of hydrogen-bond donors (Lipinski definition) is 3. The van der Waals surface area contributed by atoms with Gasteiger partial charge in [0.25, 0.3) is 0 Å². The number of likely N-dealkylation sites (tertiary alicyclic amines) is 1. The quantitative estimate of drug-likeness (QED) is 0.523. The number of nitrogens with one attached hydrogen (secondary N) is 1. The van der Waals surface area contributed by atoms with Gasteiger partial charge >= 0.3 is 0 Å². The molecule has 0 bridgehead atoms. The lowest BCUT2D eigenvalue weighted by atomic mass is 9.87. The Balaban J connectivity index is 2.51. The molecule has 1 rings (SSSR count). The third-order valence-corrected chi connectivity index (χ3v) is 3.00. The first-order valence-corrected chi connectivity index (χ1v) is 5.44. The molecule has 1 saturated heterocycles. The maximum absolute atomic E-state index is 11.3. The van der Waals surface area contributed by atoms with Crippen molar-refractivity contribution in [2.75, 3.05) is 32.8 Å². The average Bonchev–Trinajstić information content (AvgIpc) is 2.63. The van der Waals surface area contributed by atoms with Crippen LogP contribution < -0.4 is 11.1 Å². The highest BCUT2D eigenvalue weighted by atomic mass is 16.3. The van der Waals surface area contributed by atoms with Gasteiger partial charge in [-0.2, -0.15) is 0 Å². The van der Waals surface area contributed by atoms with E-state index in [1.807, 2.05) is 11.8 Å². The second-order valence-corrected chi connectivity index (χ2v) is 4.22.